The molecule has 1 unspecified atom stereocenters. The number of benzene rings is 1. The average molecular weight is 474 g/mol. The van der Waals surface area contributed by atoms with E-state index in [0.717, 1.165) is 24.8 Å². The van der Waals surface area contributed by atoms with Crippen molar-refractivity contribution in [3.8, 4) is 0 Å². The number of amides is 1. The van der Waals surface area contributed by atoms with Crippen molar-refractivity contribution in [1.82, 2.24) is 4.90 Å². The van der Waals surface area contributed by atoms with Gasteiger partial charge in [-0.15, -0.1) is 0 Å². The Labute approximate surface area is 203 Å². The minimum atomic E-state index is -0.836. The maximum atomic E-state index is 13.1. The molecule has 7 nitrogen and oxygen atoms in total. The lowest BCUT2D eigenvalue weighted by Crippen LogP contribution is -2.47. The summed E-state index contributed by atoms with van der Waals surface area (Å²) in [6.45, 7) is 8.23. The summed E-state index contributed by atoms with van der Waals surface area (Å²) in [5.41, 5.74) is 0.820. The van der Waals surface area contributed by atoms with E-state index in [1.807, 2.05) is 51.1 Å². The lowest BCUT2D eigenvalue weighted by Gasteiger charge is -2.39. The second kappa shape index (κ2) is 11.8. The highest BCUT2D eigenvalue weighted by atomic mass is 16.7. The third-order valence-corrected chi connectivity index (χ3v) is 5.95. The largest absolute Gasteiger partial charge is 0.506 e. The molecule has 1 amide bonds. The molecule has 1 aromatic rings. The van der Waals surface area contributed by atoms with E-state index in [-0.39, 0.29) is 18.1 Å². The summed E-state index contributed by atoms with van der Waals surface area (Å²) in [6, 6.07) is 8.61. The van der Waals surface area contributed by atoms with Gasteiger partial charge in [0.1, 0.15) is 17.7 Å². The van der Waals surface area contributed by atoms with Crippen LogP contribution in [0.4, 0.5) is 4.79 Å². The zero-order valence-corrected chi connectivity index (χ0v) is 20.8. The summed E-state index contributed by atoms with van der Waals surface area (Å²) >= 11 is 0. The average Bonchev–Trinajstić information content (AvgIpc) is 2.80. The molecule has 1 saturated heterocycles. The molecular formula is C27H39NO6. The van der Waals surface area contributed by atoms with Crippen molar-refractivity contribution in [2.75, 3.05) is 13.2 Å². The minimum Gasteiger partial charge on any atom is -0.506 e. The van der Waals surface area contributed by atoms with E-state index in [0.29, 0.717) is 12.1 Å². The molecule has 3 atom stereocenters. The van der Waals surface area contributed by atoms with Crippen molar-refractivity contribution in [2.24, 2.45) is 0 Å². The van der Waals surface area contributed by atoms with Gasteiger partial charge in [0.2, 0.25) is 0 Å². The highest BCUT2D eigenvalue weighted by Gasteiger charge is 2.41. The van der Waals surface area contributed by atoms with Crippen LogP contribution in [0.25, 0.3) is 0 Å². The molecule has 34 heavy (non-hydrogen) atoms. The van der Waals surface area contributed by atoms with Gasteiger partial charge < -0.3 is 24.4 Å². The van der Waals surface area contributed by atoms with Crippen molar-refractivity contribution < 1.29 is 29.2 Å². The summed E-state index contributed by atoms with van der Waals surface area (Å²) < 4.78 is 17.5. The Morgan fingerprint density at radius 3 is 2.41 bits per heavy atom. The number of rotatable bonds is 9. The smallest absolute Gasteiger partial charge is 0.411 e. The fraction of sp³-hybridized carbons (Fsp3) is 0.593. The Hall–Kier alpha value is -2.51. The number of hydrogen-bond donors (Lipinski definition) is 2. The quantitative estimate of drug-likeness (QED) is 0.322. The van der Waals surface area contributed by atoms with Crippen LogP contribution in [0, 0.1) is 0 Å². The number of carbonyl (C=O) groups excluding carboxylic acids is 1. The van der Waals surface area contributed by atoms with Gasteiger partial charge in [0.25, 0.3) is 0 Å². The van der Waals surface area contributed by atoms with E-state index in [2.05, 4.69) is 6.92 Å². The van der Waals surface area contributed by atoms with Crippen molar-refractivity contribution in [2.45, 2.75) is 90.3 Å². The van der Waals surface area contributed by atoms with Gasteiger partial charge in [-0.05, 0) is 38.8 Å². The van der Waals surface area contributed by atoms with Gasteiger partial charge in [0, 0.05) is 12.1 Å². The molecule has 0 aromatic heterocycles. The fourth-order valence-corrected chi connectivity index (χ4v) is 4.19. The minimum absolute atomic E-state index is 0.219. The van der Waals surface area contributed by atoms with Crippen LogP contribution in [-0.2, 0) is 14.2 Å². The predicted molar refractivity (Wildman–Crippen MR) is 130 cm³/mol. The SMILES string of the molecule is CCCCCCCCN(C(=O)OC(C)(C)C)[C@@H]1C=C2COC(c3ccccc3)O[C@@H]2C(O)=C1O. The molecule has 1 fully saturated rings. The first-order chi connectivity index (χ1) is 16.2. The summed E-state index contributed by atoms with van der Waals surface area (Å²) in [6.07, 6.45) is 6.16. The van der Waals surface area contributed by atoms with E-state index < -0.39 is 30.1 Å². The molecule has 0 radical (unpaired) electrons. The van der Waals surface area contributed by atoms with Gasteiger partial charge in [-0.1, -0.05) is 69.4 Å². The van der Waals surface area contributed by atoms with Gasteiger partial charge in [-0.25, -0.2) is 4.79 Å². The van der Waals surface area contributed by atoms with Crippen molar-refractivity contribution in [3.05, 3.63) is 59.1 Å². The predicted octanol–water partition coefficient (Wildman–Crippen LogP) is 6.33. The molecule has 7 heteroatoms. The van der Waals surface area contributed by atoms with Gasteiger partial charge >= 0.3 is 6.09 Å². The standard InChI is InChI=1S/C27H39NO6/c1-5-6-7-8-9-13-16-28(26(31)34-27(2,3)4)21-17-20-18-32-25(19-14-11-10-12-15-19)33-24(20)23(30)22(21)29/h10-12,14-15,17,21,24-25,29-30H,5-9,13,16,18H2,1-4H3/t21-,24+,25?/m1/s1. The molecule has 2 N–H and O–H groups in total. The third-order valence-electron chi connectivity index (χ3n) is 5.95. The number of aliphatic hydroxyl groups excluding tert-OH is 2. The maximum absolute atomic E-state index is 13.1. The Morgan fingerprint density at radius 1 is 1.06 bits per heavy atom. The number of unbranched alkanes of at least 4 members (excludes halogenated alkanes) is 5. The normalized spacial score (nSPS) is 22.7. The Kier molecular flexibility index (Phi) is 9.03. The van der Waals surface area contributed by atoms with Crippen LogP contribution in [0.3, 0.4) is 0 Å². The number of aliphatic hydroxyl groups is 2. The summed E-state index contributed by atoms with van der Waals surface area (Å²) in [7, 11) is 0. The summed E-state index contributed by atoms with van der Waals surface area (Å²) in [4.78, 5) is 14.6. The Morgan fingerprint density at radius 2 is 1.74 bits per heavy atom. The lowest BCUT2D eigenvalue weighted by molar-refractivity contribution is -0.191. The van der Waals surface area contributed by atoms with E-state index in [9.17, 15) is 15.0 Å². The van der Waals surface area contributed by atoms with E-state index >= 15 is 0 Å². The third kappa shape index (κ3) is 6.76. The molecule has 188 valence electrons. The van der Waals surface area contributed by atoms with Gasteiger partial charge in [-0.3, -0.25) is 4.90 Å². The van der Waals surface area contributed by atoms with Crippen LogP contribution in [0.15, 0.2) is 53.5 Å². The molecule has 2 aliphatic rings. The second-order valence-corrected chi connectivity index (χ2v) is 9.97. The molecule has 0 spiro atoms. The number of ether oxygens (including phenoxy) is 3. The van der Waals surface area contributed by atoms with Gasteiger partial charge in [0.15, 0.2) is 17.8 Å². The summed E-state index contributed by atoms with van der Waals surface area (Å²) in [5, 5.41) is 21.8. The van der Waals surface area contributed by atoms with Crippen molar-refractivity contribution in [1.29, 1.82) is 0 Å². The molecule has 0 bridgehead atoms. The van der Waals surface area contributed by atoms with Crippen molar-refractivity contribution >= 4 is 6.09 Å². The van der Waals surface area contributed by atoms with Crippen LogP contribution < -0.4 is 0 Å². The van der Waals surface area contributed by atoms with Crippen LogP contribution in [0.1, 0.15) is 78.1 Å². The maximum Gasteiger partial charge on any atom is 0.411 e. The van der Waals surface area contributed by atoms with Crippen LogP contribution >= 0.6 is 0 Å². The molecule has 1 heterocycles. The topological polar surface area (TPSA) is 88.5 Å². The number of hydrogen-bond acceptors (Lipinski definition) is 6. The van der Waals surface area contributed by atoms with Crippen LogP contribution in [-0.4, -0.2) is 52.1 Å². The zero-order valence-electron chi connectivity index (χ0n) is 20.8. The molecule has 1 aliphatic carbocycles. The summed E-state index contributed by atoms with van der Waals surface area (Å²) in [5.74, 6) is -0.581. The first-order valence-corrected chi connectivity index (χ1v) is 12.4. The van der Waals surface area contributed by atoms with Crippen LogP contribution in [0.2, 0.25) is 0 Å². The first-order valence-electron chi connectivity index (χ1n) is 12.4. The Bertz CT molecular complexity index is 873. The van der Waals surface area contributed by atoms with Gasteiger partial charge in [-0.2, -0.15) is 0 Å². The number of carbonyl (C=O) groups is 1. The molecule has 3 rings (SSSR count). The Balaban J connectivity index is 1.76. The number of nitrogens with zero attached hydrogens (tertiary/aromatic N) is 1. The zero-order chi connectivity index (χ0) is 24.7. The van der Waals surface area contributed by atoms with E-state index in [1.165, 1.54) is 24.2 Å². The molecule has 1 aromatic carbocycles. The first kappa shape index (κ1) is 26.1. The van der Waals surface area contributed by atoms with E-state index in [1.54, 1.807) is 6.08 Å². The van der Waals surface area contributed by atoms with E-state index in [4.69, 9.17) is 14.2 Å². The van der Waals surface area contributed by atoms with Crippen LogP contribution in [0.5, 0.6) is 0 Å². The fourth-order valence-electron chi connectivity index (χ4n) is 4.19. The van der Waals surface area contributed by atoms with Crippen molar-refractivity contribution in [3.63, 3.8) is 0 Å². The second-order valence-electron chi connectivity index (χ2n) is 9.97. The molecule has 0 saturated carbocycles. The monoisotopic (exact) mass is 473 g/mol. The molecule has 1 aliphatic heterocycles. The molecular weight excluding hydrogens is 434 g/mol. The lowest BCUT2D eigenvalue weighted by atomic mass is 9.94. The van der Waals surface area contributed by atoms with Gasteiger partial charge in [0.05, 0.1) is 6.61 Å². The number of fused-ring (bicyclic) bond motifs is 1. The highest BCUT2D eigenvalue weighted by molar-refractivity contribution is 5.70. The highest BCUT2D eigenvalue weighted by Crippen LogP contribution is 2.37.